The van der Waals surface area contributed by atoms with Crippen molar-refractivity contribution in [3.05, 3.63) is 0 Å². The van der Waals surface area contributed by atoms with Crippen LogP contribution in [-0.4, -0.2) is 123 Å². The molecule has 0 bridgehead atoms. The average molecular weight is 649 g/mol. The molecule has 2 fully saturated rings. The molecule has 0 aromatic heterocycles. The van der Waals surface area contributed by atoms with Gasteiger partial charge in [-0.05, 0) is 0 Å². The molecule has 0 aromatic carbocycles. The van der Waals surface area contributed by atoms with Crippen molar-refractivity contribution in [3.63, 3.8) is 0 Å². The van der Waals surface area contributed by atoms with Gasteiger partial charge in [0.05, 0.1) is 0 Å². The number of aldehydes is 1. The van der Waals surface area contributed by atoms with Gasteiger partial charge in [0.2, 0.25) is 0 Å². The van der Waals surface area contributed by atoms with Crippen molar-refractivity contribution in [3.8, 4) is 0 Å². The van der Waals surface area contributed by atoms with Crippen molar-refractivity contribution in [2.75, 3.05) is 13.2 Å². The van der Waals surface area contributed by atoms with Crippen LogP contribution in [0.5, 0.6) is 0 Å². The molecule has 0 aliphatic carbocycles. The summed E-state index contributed by atoms with van der Waals surface area (Å²) in [6.45, 7) is 6.12. The highest BCUT2D eigenvalue weighted by Crippen LogP contribution is 2.35. The Morgan fingerprint density at radius 3 is 1.29 bits per heavy atom. The van der Waals surface area contributed by atoms with E-state index >= 15 is 0 Å². The van der Waals surface area contributed by atoms with E-state index in [9.17, 15) is 38.4 Å². The number of rotatable bonds is 12. The number of hydrogen-bond donors (Lipinski definition) is 0. The number of esters is 7. The van der Waals surface area contributed by atoms with Crippen molar-refractivity contribution in [1.82, 2.24) is 0 Å². The van der Waals surface area contributed by atoms with Crippen LogP contribution in [0.15, 0.2) is 0 Å². The van der Waals surface area contributed by atoms with Gasteiger partial charge in [0, 0.05) is 48.5 Å². The highest BCUT2D eigenvalue weighted by molar-refractivity contribution is 5.70. The van der Waals surface area contributed by atoms with E-state index in [4.69, 9.17) is 47.4 Å². The lowest BCUT2D eigenvalue weighted by Gasteiger charge is -2.48. The molecular weight excluding hydrogens is 612 g/mol. The number of ether oxygens (including phenoxy) is 10. The van der Waals surface area contributed by atoms with Gasteiger partial charge in [-0.2, -0.15) is 0 Å². The zero-order valence-corrected chi connectivity index (χ0v) is 25.6. The molecule has 10 atom stereocenters. The maximum atomic E-state index is 12.2. The maximum Gasteiger partial charge on any atom is 0.303 e. The van der Waals surface area contributed by atoms with Gasteiger partial charge in [0.15, 0.2) is 49.2 Å². The Balaban J connectivity index is 2.70. The maximum absolute atomic E-state index is 12.2. The van der Waals surface area contributed by atoms with Crippen LogP contribution in [0, 0.1) is 0 Å². The second-order valence-electron chi connectivity index (χ2n) is 9.89. The molecule has 0 saturated carbocycles. The fourth-order valence-electron chi connectivity index (χ4n) is 4.65. The molecule has 2 saturated heterocycles. The molecule has 0 radical (unpaired) electrons. The third kappa shape index (κ3) is 11.1. The summed E-state index contributed by atoms with van der Waals surface area (Å²) in [6.07, 6.45) is -15.5. The zero-order chi connectivity index (χ0) is 34.0. The zero-order valence-electron chi connectivity index (χ0n) is 25.6. The molecule has 2 aliphatic heterocycles. The Morgan fingerprint density at radius 2 is 0.867 bits per heavy atom. The lowest BCUT2D eigenvalue weighted by atomic mass is 9.93. The Bertz CT molecular complexity index is 1130. The number of hydrogen-bond acceptors (Lipinski definition) is 18. The smallest absolute Gasteiger partial charge is 0.303 e. The summed E-state index contributed by atoms with van der Waals surface area (Å²) in [5, 5.41) is 0. The van der Waals surface area contributed by atoms with Crippen molar-refractivity contribution < 1.29 is 85.7 Å². The molecule has 45 heavy (non-hydrogen) atoms. The molecular formula is C27H36O18. The first-order chi connectivity index (χ1) is 21.0. The minimum atomic E-state index is -1.80. The van der Waals surface area contributed by atoms with Gasteiger partial charge in [-0.15, -0.1) is 0 Å². The molecule has 18 nitrogen and oxygen atoms in total. The van der Waals surface area contributed by atoms with E-state index in [1.165, 1.54) is 0 Å². The molecule has 0 amide bonds. The van der Waals surface area contributed by atoms with Crippen LogP contribution >= 0.6 is 0 Å². The molecule has 0 aromatic rings. The summed E-state index contributed by atoms with van der Waals surface area (Å²) in [7, 11) is 0. The first kappa shape index (κ1) is 37.0. The predicted molar refractivity (Wildman–Crippen MR) is 139 cm³/mol. The van der Waals surface area contributed by atoms with Crippen LogP contribution in [0.3, 0.4) is 0 Å². The Labute approximate surface area is 257 Å². The Hall–Kier alpha value is -4.16. The summed E-state index contributed by atoms with van der Waals surface area (Å²) >= 11 is 0. The van der Waals surface area contributed by atoms with Gasteiger partial charge in [-0.1, -0.05) is 0 Å². The first-order valence-electron chi connectivity index (χ1n) is 13.6. The summed E-state index contributed by atoms with van der Waals surface area (Å²) in [6, 6.07) is 0. The summed E-state index contributed by atoms with van der Waals surface area (Å²) < 4.78 is 54.7. The molecule has 2 rings (SSSR count). The third-order valence-electron chi connectivity index (χ3n) is 6.10. The van der Waals surface area contributed by atoms with Crippen LogP contribution < -0.4 is 0 Å². The minimum absolute atomic E-state index is 0.273. The van der Waals surface area contributed by atoms with Gasteiger partial charge in [0.1, 0.15) is 31.5 Å². The fourth-order valence-corrected chi connectivity index (χ4v) is 4.65. The van der Waals surface area contributed by atoms with E-state index in [0.29, 0.717) is 0 Å². The Kier molecular flexibility index (Phi) is 13.8. The van der Waals surface area contributed by atoms with Crippen LogP contribution in [-0.2, 0) is 85.7 Å². The second kappa shape index (κ2) is 16.8. The van der Waals surface area contributed by atoms with E-state index in [-0.39, 0.29) is 6.29 Å². The third-order valence-corrected chi connectivity index (χ3v) is 6.10. The largest absolute Gasteiger partial charge is 0.463 e. The monoisotopic (exact) mass is 648 g/mol. The topological polar surface area (TPSA) is 229 Å². The number of carbonyl (C=O) groups excluding carboxylic acids is 8. The lowest BCUT2D eigenvalue weighted by molar-refractivity contribution is -0.342. The lowest BCUT2D eigenvalue weighted by Crippen LogP contribution is -2.67. The molecule has 2 heterocycles. The van der Waals surface area contributed by atoms with Gasteiger partial charge in [-0.3, -0.25) is 33.6 Å². The van der Waals surface area contributed by atoms with Crippen molar-refractivity contribution in [2.45, 2.75) is 110 Å². The molecule has 18 heteroatoms. The van der Waals surface area contributed by atoms with Crippen LogP contribution in [0.1, 0.15) is 48.5 Å². The quantitative estimate of drug-likeness (QED) is 0.138. The molecule has 0 unspecified atom stereocenters. The summed E-state index contributed by atoms with van der Waals surface area (Å²) in [4.78, 5) is 95.8. The number of carbonyl (C=O) groups is 8. The van der Waals surface area contributed by atoms with E-state index in [1.807, 2.05) is 0 Å². The summed E-state index contributed by atoms with van der Waals surface area (Å²) in [5.74, 6) is -6.03. The fraction of sp³-hybridized carbons (Fsp3) is 0.704. The molecule has 0 spiro atoms. The van der Waals surface area contributed by atoms with Crippen molar-refractivity contribution in [2.24, 2.45) is 0 Å². The van der Waals surface area contributed by atoms with Gasteiger partial charge in [-0.25, -0.2) is 0 Å². The SMILES string of the molecule is CC(=O)OC[C@H]1O[C@@H](O[C@H]2[C@H](OC(C)=O)[C@@H](OC(C)=O)[C@H](C=O)O[C@@H]2COC(C)=O)[C@H](OC(C)=O)[C@@H](OC(C)=O)[C@H]1OC(C)=O. The highest BCUT2D eigenvalue weighted by atomic mass is 16.8. The van der Waals surface area contributed by atoms with Gasteiger partial charge >= 0.3 is 41.8 Å². The van der Waals surface area contributed by atoms with Gasteiger partial charge < -0.3 is 52.2 Å². The van der Waals surface area contributed by atoms with E-state index in [0.717, 1.165) is 48.5 Å². The first-order valence-corrected chi connectivity index (χ1v) is 13.6. The van der Waals surface area contributed by atoms with Crippen LogP contribution in [0.2, 0.25) is 0 Å². The van der Waals surface area contributed by atoms with Crippen LogP contribution in [0.4, 0.5) is 0 Å². The molecule has 2 aliphatic rings. The van der Waals surface area contributed by atoms with Crippen molar-refractivity contribution >= 4 is 48.1 Å². The van der Waals surface area contributed by atoms with E-state index in [1.54, 1.807) is 0 Å². The normalized spacial score (nSPS) is 30.9. The van der Waals surface area contributed by atoms with E-state index in [2.05, 4.69) is 0 Å². The van der Waals surface area contributed by atoms with Crippen molar-refractivity contribution in [1.29, 1.82) is 0 Å². The van der Waals surface area contributed by atoms with Crippen LogP contribution in [0.25, 0.3) is 0 Å². The van der Waals surface area contributed by atoms with E-state index < -0.39 is 116 Å². The minimum Gasteiger partial charge on any atom is -0.463 e. The highest BCUT2D eigenvalue weighted by Gasteiger charge is 2.57. The second-order valence-corrected chi connectivity index (χ2v) is 9.89. The van der Waals surface area contributed by atoms with Gasteiger partial charge in [0.25, 0.3) is 0 Å². The average Bonchev–Trinajstić information content (AvgIpc) is 2.90. The summed E-state index contributed by atoms with van der Waals surface area (Å²) in [5.41, 5.74) is 0. The molecule has 252 valence electrons. The predicted octanol–water partition coefficient (Wildman–Crippen LogP) is -1.15. The molecule has 0 N–H and O–H groups in total. The Morgan fingerprint density at radius 1 is 0.489 bits per heavy atom. The standard InChI is InChI=1S/C27H36O18/c1-11(29)36-9-19-23(24(40-15(5)33)21(38-13(3)31)18(8-28)43-19)45-27-26(42-17(7)35)25(41-16(6)34)22(39-14(4)32)20(44-27)10-37-12(2)30/h8,18-27H,9-10H2,1-7H3/t18-,19+,20+,21-,22-,23+,24+,25-,26+,27-/m0/s1.